The van der Waals surface area contributed by atoms with Gasteiger partial charge in [-0.2, -0.15) is 0 Å². The van der Waals surface area contributed by atoms with E-state index in [1.165, 1.54) is 17.7 Å². The molecule has 4 heterocycles. The normalized spacial score (nSPS) is 18.2. The van der Waals surface area contributed by atoms with Crippen LogP contribution in [0.15, 0.2) is 59.8 Å². The van der Waals surface area contributed by atoms with E-state index in [1.54, 1.807) is 23.4 Å². The fraction of sp³-hybridized carbons (Fsp3) is 0.240. The molecule has 1 saturated heterocycles. The number of rotatable bonds is 4. The van der Waals surface area contributed by atoms with E-state index in [1.807, 2.05) is 23.9 Å². The van der Waals surface area contributed by atoms with Gasteiger partial charge in [-0.25, -0.2) is 9.97 Å². The predicted octanol–water partition coefficient (Wildman–Crippen LogP) is 5.28. The SMILES string of the molecule is O=C1c2c(Cl)cccc2CN1c1c[nH]c2ncc(-c3ccc(SC4CCCNC4)cc3)nc12. The minimum atomic E-state index is -0.109. The Balaban J connectivity index is 1.29. The molecule has 166 valence electrons. The van der Waals surface area contributed by atoms with Crippen LogP contribution in [-0.4, -0.2) is 39.2 Å². The third-order valence-electron chi connectivity index (χ3n) is 6.24. The van der Waals surface area contributed by atoms with Gasteiger partial charge in [-0.05, 0) is 43.1 Å². The first-order chi connectivity index (χ1) is 16.2. The number of aromatic amines is 1. The highest BCUT2D eigenvalue weighted by Crippen LogP contribution is 2.36. The molecule has 33 heavy (non-hydrogen) atoms. The first-order valence-corrected chi connectivity index (χ1v) is 12.3. The Morgan fingerprint density at radius 2 is 2.03 bits per heavy atom. The van der Waals surface area contributed by atoms with Crippen molar-refractivity contribution in [2.45, 2.75) is 29.5 Å². The fourth-order valence-electron chi connectivity index (χ4n) is 4.55. The number of H-pyrrole nitrogens is 1. The zero-order valence-corrected chi connectivity index (χ0v) is 19.4. The van der Waals surface area contributed by atoms with Crippen molar-refractivity contribution < 1.29 is 4.79 Å². The molecule has 2 N–H and O–H groups in total. The molecule has 4 aromatic rings. The smallest absolute Gasteiger partial charge is 0.260 e. The average Bonchev–Trinajstić information content (AvgIpc) is 3.41. The number of hydrogen-bond donors (Lipinski definition) is 2. The van der Waals surface area contributed by atoms with E-state index in [9.17, 15) is 4.79 Å². The summed E-state index contributed by atoms with van der Waals surface area (Å²) in [6, 6.07) is 14.1. The van der Waals surface area contributed by atoms with E-state index < -0.39 is 0 Å². The summed E-state index contributed by atoms with van der Waals surface area (Å²) in [5, 5.41) is 4.57. The van der Waals surface area contributed by atoms with Crippen LogP contribution in [0.5, 0.6) is 0 Å². The number of halogens is 1. The zero-order chi connectivity index (χ0) is 22.4. The zero-order valence-electron chi connectivity index (χ0n) is 17.8. The summed E-state index contributed by atoms with van der Waals surface area (Å²) in [5.41, 5.74) is 5.32. The largest absolute Gasteiger partial charge is 0.343 e. The van der Waals surface area contributed by atoms with Crippen molar-refractivity contribution >= 4 is 46.1 Å². The van der Waals surface area contributed by atoms with Crippen molar-refractivity contribution in [1.82, 2.24) is 20.3 Å². The number of benzene rings is 2. The number of nitrogens with one attached hydrogen (secondary N) is 2. The van der Waals surface area contributed by atoms with Crippen LogP contribution in [0.4, 0.5) is 5.69 Å². The van der Waals surface area contributed by atoms with Gasteiger partial charge in [-0.15, -0.1) is 11.8 Å². The van der Waals surface area contributed by atoms with Gasteiger partial charge in [0.15, 0.2) is 5.65 Å². The number of aromatic nitrogens is 3. The Morgan fingerprint density at radius 3 is 2.82 bits per heavy atom. The third kappa shape index (κ3) is 3.80. The van der Waals surface area contributed by atoms with Crippen LogP contribution in [0.2, 0.25) is 5.02 Å². The van der Waals surface area contributed by atoms with Gasteiger partial charge in [0.05, 0.1) is 34.7 Å². The van der Waals surface area contributed by atoms with Gasteiger partial charge in [0, 0.05) is 28.5 Å². The highest BCUT2D eigenvalue weighted by atomic mass is 35.5. The van der Waals surface area contributed by atoms with Crippen molar-refractivity contribution in [3.05, 3.63) is 71.0 Å². The fourth-order valence-corrected chi connectivity index (χ4v) is 5.99. The van der Waals surface area contributed by atoms with Gasteiger partial charge in [0.25, 0.3) is 5.91 Å². The number of hydrogen-bond acceptors (Lipinski definition) is 5. The molecule has 6 rings (SSSR count). The molecule has 1 atom stereocenters. The highest BCUT2D eigenvalue weighted by Gasteiger charge is 2.32. The molecule has 2 aliphatic heterocycles. The number of carbonyl (C=O) groups is 1. The van der Waals surface area contributed by atoms with Gasteiger partial charge in [0.2, 0.25) is 0 Å². The molecule has 0 spiro atoms. The molecular formula is C25H22ClN5OS. The first kappa shape index (κ1) is 20.7. The molecule has 8 heteroatoms. The number of piperidine rings is 1. The summed E-state index contributed by atoms with van der Waals surface area (Å²) < 4.78 is 0. The van der Waals surface area contributed by atoms with E-state index >= 15 is 0 Å². The molecule has 1 amide bonds. The Hall–Kier alpha value is -2.87. The van der Waals surface area contributed by atoms with Gasteiger partial charge < -0.3 is 15.2 Å². The molecule has 0 bridgehead atoms. The maximum Gasteiger partial charge on any atom is 0.260 e. The summed E-state index contributed by atoms with van der Waals surface area (Å²) in [6.07, 6.45) is 6.06. The highest BCUT2D eigenvalue weighted by molar-refractivity contribution is 8.00. The lowest BCUT2D eigenvalue weighted by Gasteiger charge is -2.22. The van der Waals surface area contributed by atoms with Crippen LogP contribution < -0.4 is 10.2 Å². The average molecular weight is 476 g/mol. The molecule has 2 aliphatic rings. The number of anilines is 1. The molecule has 6 nitrogen and oxygen atoms in total. The van der Waals surface area contributed by atoms with Crippen LogP contribution in [0.1, 0.15) is 28.8 Å². The Kier molecular flexibility index (Phi) is 5.32. The summed E-state index contributed by atoms with van der Waals surface area (Å²) in [4.78, 5) is 28.7. The molecule has 2 aromatic heterocycles. The molecule has 2 aromatic carbocycles. The summed E-state index contributed by atoms with van der Waals surface area (Å²) >= 11 is 8.23. The van der Waals surface area contributed by atoms with E-state index in [0.717, 1.165) is 29.9 Å². The number of thioether (sulfide) groups is 1. The maximum absolute atomic E-state index is 13.1. The standard InChI is InChI=1S/C25H22ClN5OS/c26-19-5-1-3-16-14-31(25(32)22(16)19)21-13-29-24-23(21)30-20(12-28-24)15-6-8-17(9-7-15)33-18-4-2-10-27-11-18/h1,3,5-9,12-13,18,27H,2,4,10-11,14H2,(H,28,29). The number of nitrogens with zero attached hydrogens (tertiary/aromatic N) is 3. The van der Waals surface area contributed by atoms with Crippen LogP contribution >= 0.6 is 23.4 Å². The van der Waals surface area contributed by atoms with Gasteiger partial charge in [-0.1, -0.05) is 35.9 Å². The van der Waals surface area contributed by atoms with Crippen molar-refractivity contribution in [3.8, 4) is 11.3 Å². The topological polar surface area (TPSA) is 73.9 Å². The van der Waals surface area contributed by atoms with Gasteiger partial charge in [-0.3, -0.25) is 4.79 Å². The molecular weight excluding hydrogens is 454 g/mol. The van der Waals surface area contributed by atoms with E-state index in [0.29, 0.717) is 39.2 Å². The molecule has 1 fully saturated rings. The lowest BCUT2D eigenvalue weighted by atomic mass is 10.1. The maximum atomic E-state index is 13.1. The van der Waals surface area contributed by atoms with Crippen molar-refractivity contribution in [1.29, 1.82) is 0 Å². The monoisotopic (exact) mass is 475 g/mol. The van der Waals surface area contributed by atoms with Gasteiger partial charge >= 0.3 is 0 Å². The predicted molar refractivity (Wildman–Crippen MR) is 133 cm³/mol. The van der Waals surface area contributed by atoms with Crippen molar-refractivity contribution in [2.24, 2.45) is 0 Å². The molecule has 0 saturated carbocycles. The second-order valence-electron chi connectivity index (χ2n) is 8.40. The van der Waals surface area contributed by atoms with Gasteiger partial charge in [0.1, 0.15) is 5.52 Å². The first-order valence-electron chi connectivity index (χ1n) is 11.1. The quantitative estimate of drug-likeness (QED) is 0.420. The van der Waals surface area contributed by atoms with Crippen LogP contribution in [0.25, 0.3) is 22.4 Å². The molecule has 1 unspecified atom stereocenters. The number of amides is 1. The lowest BCUT2D eigenvalue weighted by Crippen LogP contribution is -2.31. The Morgan fingerprint density at radius 1 is 1.15 bits per heavy atom. The Bertz CT molecular complexity index is 1350. The van der Waals surface area contributed by atoms with E-state index in [-0.39, 0.29) is 5.91 Å². The second kappa shape index (κ2) is 8.48. The van der Waals surface area contributed by atoms with Crippen LogP contribution in [0, 0.1) is 0 Å². The van der Waals surface area contributed by atoms with Crippen molar-refractivity contribution in [2.75, 3.05) is 18.0 Å². The van der Waals surface area contributed by atoms with E-state index in [2.05, 4.69) is 39.6 Å². The Labute approximate surface area is 200 Å². The molecule has 0 aliphatic carbocycles. The minimum absolute atomic E-state index is 0.109. The summed E-state index contributed by atoms with van der Waals surface area (Å²) in [5.74, 6) is -0.109. The van der Waals surface area contributed by atoms with Crippen LogP contribution in [0.3, 0.4) is 0 Å². The lowest BCUT2D eigenvalue weighted by molar-refractivity contribution is 0.0997. The molecule has 0 radical (unpaired) electrons. The van der Waals surface area contributed by atoms with Crippen LogP contribution in [-0.2, 0) is 6.54 Å². The number of fused-ring (bicyclic) bond motifs is 2. The summed E-state index contributed by atoms with van der Waals surface area (Å²) in [6.45, 7) is 2.66. The van der Waals surface area contributed by atoms with Crippen molar-refractivity contribution in [3.63, 3.8) is 0 Å². The third-order valence-corrected chi connectivity index (χ3v) is 7.84. The van der Waals surface area contributed by atoms with E-state index in [4.69, 9.17) is 16.6 Å². The number of carbonyl (C=O) groups excluding carboxylic acids is 1. The minimum Gasteiger partial charge on any atom is -0.343 e. The summed E-state index contributed by atoms with van der Waals surface area (Å²) in [7, 11) is 0. The second-order valence-corrected chi connectivity index (χ2v) is 10.2.